The van der Waals surface area contributed by atoms with Gasteiger partial charge in [0.1, 0.15) is 5.82 Å². The smallest absolute Gasteiger partial charge is 0.225 e. The number of nitrogens with one attached hydrogen (secondary N) is 2. The monoisotopic (exact) mass is 408 g/mol. The number of amides is 1. The lowest BCUT2D eigenvalue weighted by Gasteiger charge is -2.27. The van der Waals surface area contributed by atoms with Gasteiger partial charge in [0.05, 0.1) is 24.3 Å². The van der Waals surface area contributed by atoms with Gasteiger partial charge in [0.25, 0.3) is 0 Å². The molecule has 6 nitrogen and oxygen atoms in total. The number of ether oxygens (including phenoxy) is 1. The van der Waals surface area contributed by atoms with Gasteiger partial charge in [-0.15, -0.1) is 12.4 Å². The Morgan fingerprint density at radius 3 is 2.79 bits per heavy atom. The third-order valence-electron chi connectivity index (χ3n) is 5.57. The molecule has 0 aliphatic carbocycles. The normalized spacial score (nSPS) is 25.3. The maximum atomic E-state index is 13.3. The van der Waals surface area contributed by atoms with E-state index in [1.165, 1.54) is 12.1 Å². The van der Waals surface area contributed by atoms with Crippen molar-refractivity contribution in [2.45, 2.75) is 30.9 Å². The molecule has 2 aliphatic rings. The molecule has 4 rings (SSSR count). The minimum Gasteiger partial charge on any atom is -0.376 e. The molecule has 0 bridgehead atoms. The summed E-state index contributed by atoms with van der Waals surface area (Å²) in [5.41, 5.74) is 1.94. The van der Waals surface area contributed by atoms with Crippen LogP contribution in [0.25, 0.3) is 0 Å². The van der Waals surface area contributed by atoms with Gasteiger partial charge in [-0.3, -0.25) is 9.48 Å². The zero-order valence-corrected chi connectivity index (χ0v) is 16.6. The van der Waals surface area contributed by atoms with Gasteiger partial charge >= 0.3 is 0 Å². The van der Waals surface area contributed by atoms with Crippen LogP contribution < -0.4 is 10.6 Å². The largest absolute Gasteiger partial charge is 0.376 e. The Labute approximate surface area is 170 Å². The fourth-order valence-corrected chi connectivity index (χ4v) is 4.12. The van der Waals surface area contributed by atoms with Crippen LogP contribution in [0, 0.1) is 11.7 Å². The average molecular weight is 409 g/mol. The van der Waals surface area contributed by atoms with E-state index in [-0.39, 0.29) is 48.1 Å². The third kappa shape index (κ3) is 4.37. The van der Waals surface area contributed by atoms with E-state index in [4.69, 9.17) is 4.74 Å². The van der Waals surface area contributed by atoms with Gasteiger partial charge in [-0.1, -0.05) is 12.1 Å². The highest BCUT2D eigenvalue weighted by molar-refractivity contribution is 5.85. The predicted molar refractivity (Wildman–Crippen MR) is 106 cm³/mol. The quantitative estimate of drug-likeness (QED) is 0.796. The highest BCUT2D eigenvalue weighted by Crippen LogP contribution is 2.31. The molecule has 1 aromatic carbocycles. The van der Waals surface area contributed by atoms with E-state index in [0.29, 0.717) is 13.2 Å². The zero-order valence-electron chi connectivity index (χ0n) is 15.8. The van der Waals surface area contributed by atoms with Gasteiger partial charge < -0.3 is 15.4 Å². The summed E-state index contributed by atoms with van der Waals surface area (Å²) in [6.45, 7) is 2.08. The van der Waals surface area contributed by atoms with E-state index >= 15 is 0 Å². The van der Waals surface area contributed by atoms with E-state index in [1.54, 1.807) is 16.8 Å². The van der Waals surface area contributed by atoms with Gasteiger partial charge in [-0.25, -0.2) is 4.39 Å². The molecule has 2 unspecified atom stereocenters. The molecule has 8 heteroatoms. The van der Waals surface area contributed by atoms with Crippen molar-refractivity contribution in [2.75, 3.05) is 19.7 Å². The first-order valence-corrected chi connectivity index (χ1v) is 9.48. The lowest BCUT2D eigenvalue weighted by Crippen LogP contribution is -2.41. The van der Waals surface area contributed by atoms with Gasteiger partial charge in [-0.2, -0.15) is 5.10 Å². The number of benzene rings is 1. The van der Waals surface area contributed by atoms with Crippen LogP contribution >= 0.6 is 12.4 Å². The zero-order chi connectivity index (χ0) is 18.8. The highest BCUT2D eigenvalue weighted by atomic mass is 35.5. The first-order chi connectivity index (χ1) is 13.1. The summed E-state index contributed by atoms with van der Waals surface area (Å²) < 4.78 is 20.9. The van der Waals surface area contributed by atoms with E-state index in [2.05, 4.69) is 15.7 Å². The van der Waals surface area contributed by atoms with Crippen LogP contribution in [0.5, 0.6) is 0 Å². The Balaban J connectivity index is 0.00000225. The molecule has 1 amide bonds. The standard InChI is InChI=1S/C20H25FN4O2.ClH/c1-25-12-14(9-23-25)16-10-22-11-17(16)20(26)24-19(18-3-2-8-27-18)13-4-6-15(21)7-5-13;/h4-7,9,12,16-19,22H,2-3,8,10-11H2,1H3,(H,24,26);1H/t16-,17+,18?,19?;/m1./s1. The Kier molecular flexibility index (Phi) is 6.69. The van der Waals surface area contributed by atoms with Gasteiger partial charge in [-0.05, 0) is 36.1 Å². The van der Waals surface area contributed by atoms with Crippen molar-refractivity contribution in [3.05, 3.63) is 53.6 Å². The van der Waals surface area contributed by atoms with Crippen molar-refractivity contribution in [3.63, 3.8) is 0 Å². The number of rotatable bonds is 5. The highest BCUT2D eigenvalue weighted by Gasteiger charge is 2.37. The summed E-state index contributed by atoms with van der Waals surface area (Å²) in [6, 6.07) is 6.05. The number of hydrogen-bond donors (Lipinski definition) is 2. The summed E-state index contributed by atoms with van der Waals surface area (Å²) in [5.74, 6) is -0.359. The van der Waals surface area contributed by atoms with Crippen LogP contribution in [0.2, 0.25) is 0 Å². The van der Waals surface area contributed by atoms with Crippen LogP contribution in [0.4, 0.5) is 4.39 Å². The van der Waals surface area contributed by atoms with Crippen LogP contribution in [0.3, 0.4) is 0 Å². The van der Waals surface area contributed by atoms with Gasteiger partial charge in [0.15, 0.2) is 0 Å². The Morgan fingerprint density at radius 1 is 1.36 bits per heavy atom. The van der Waals surface area contributed by atoms with Crippen molar-refractivity contribution >= 4 is 18.3 Å². The molecule has 3 heterocycles. The fourth-order valence-electron chi connectivity index (χ4n) is 4.12. The minimum atomic E-state index is -0.284. The van der Waals surface area contributed by atoms with E-state index in [0.717, 1.165) is 30.5 Å². The number of aryl methyl sites for hydroxylation is 1. The summed E-state index contributed by atoms with van der Waals surface area (Å²) in [6.07, 6.45) is 5.58. The van der Waals surface area contributed by atoms with E-state index in [9.17, 15) is 9.18 Å². The molecular weight excluding hydrogens is 383 g/mol. The summed E-state index contributed by atoms with van der Waals surface area (Å²) >= 11 is 0. The maximum Gasteiger partial charge on any atom is 0.225 e. The molecule has 2 saturated heterocycles. The number of aromatic nitrogens is 2. The molecule has 2 aliphatic heterocycles. The maximum absolute atomic E-state index is 13.3. The van der Waals surface area contributed by atoms with Crippen molar-refractivity contribution in [3.8, 4) is 0 Å². The van der Waals surface area contributed by atoms with Crippen molar-refractivity contribution < 1.29 is 13.9 Å². The first-order valence-electron chi connectivity index (χ1n) is 9.48. The molecular formula is C20H26ClFN4O2. The molecule has 4 atom stereocenters. The molecule has 0 saturated carbocycles. The van der Waals surface area contributed by atoms with Crippen LogP contribution in [-0.4, -0.2) is 41.5 Å². The summed E-state index contributed by atoms with van der Waals surface area (Å²) in [5, 5.41) is 10.7. The second-order valence-corrected chi connectivity index (χ2v) is 7.41. The molecule has 0 spiro atoms. The number of hydrogen-bond acceptors (Lipinski definition) is 4. The SMILES string of the molecule is Cl.Cn1cc([C@H]2CNC[C@@H]2C(=O)NC(c2ccc(F)cc2)C2CCCO2)cn1. The summed E-state index contributed by atoms with van der Waals surface area (Å²) in [7, 11) is 1.88. The van der Waals surface area contributed by atoms with Crippen molar-refractivity contribution in [2.24, 2.45) is 13.0 Å². The third-order valence-corrected chi connectivity index (χ3v) is 5.57. The number of carbonyl (C=O) groups excluding carboxylic acids is 1. The molecule has 1 aromatic heterocycles. The lowest BCUT2D eigenvalue weighted by molar-refractivity contribution is -0.126. The fraction of sp³-hybridized carbons (Fsp3) is 0.500. The van der Waals surface area contributed by atoms with Crippen molar-refractivity contribution in [1.29, 1.82) is 0 Å². The molecule has 152 valence electrons. The Hall–Kier alpha value is -1.96. The van der Waals surface area contributed by atoms with Crippen molar-refractivity contribution in [1.82, 2.24) is 20.4 Å². The first kappa shape index (κ1) is 20.8. The topological polar surface area (TPSA) is 68.2 Å². The number of carbonyl (C=O) groups is 1. The second-order valence-electron chi connectivity index (χ2n) is 7.41. The van der Waals surface area contributed by atoms with Crippen LogP contribution in [0.1, 0.15) is 35.9 Å². The predicted octanol–water partition coefficient (Wildman–Crippen LogP) is 2.32. The van der Waals surface area contributed by atoms with Gasteiger partial charge in [0, 0.05) is 38.9 Å². The molecule has 2 fully saturated rings. The van der Waals surface area contributed by atoms with E-state index in [1.807, 2.05) is 19.4 Å². The number of nitrogens with zero attached hydrogens (tertiary/aromatic N) is 2. The van der Waals surface area contributed by atoms with Crippen LogP contribution in [0.15, 0.2) is 36.7 Å². The Bertz CT molecular complexity index is 792. The number of halogens is 2. The molecule has 2 aromatic rings. The lowest BCUT2D eigenvalue weighted by atomic mass is 9.89. The van der Waals surface area contributed by atoms with E-state index < -0.39 is 0 Å². The average Bonchev–Trinajstić information content (AvgIpc) is 3.41. The second kappa shape index (κ2) is 9.03. The minimum absolute atomic E-state index is 0. The van der Waals surface area contributed by atoms with Gasteiger partial charge in [0.2, 0.25) is 5.91 Å². The Morgan fingerprint density at radius 2 is 2.14 bits per heavy atom. The molecule has 2 N–H and O–H groups in total. The van der Waals surface area contributed by atoms with Crippen LogP contribution in [-0.2, 0) is 16.6 Å². The summed E-state index contributed by atoms with van der Waals surface area (Å²) in [4.78, 5) is 13.1. The molecule has 0 radical (unpaired) electrons. The molecule has 28 heavy (non-hydrogen) atoms.